The van der Waals surface area contributed by atoms with E-state index in [2.05, 4.69) is 53.8 Å². The highest BCUT2D eigenvalue weighted by Gasteiger charge is 2.70. The van der Waals surface area contributed by atoms with Crippen LogP contribution in [0.4, 0.5) is 0 Å². The number of carbonyl (C=O) groups is 3. The summed E-state index contributed by atoms with van der Waals surface area (Å²) in [7, 11) is 0. The van der Waals surface area contributed by atoms with Gasteiger partial charge in [-0.05, 0) is 124 Å². The molecule has 0 aromatic heterocycles. The molecule has 3 N–H and O–H groups in total. The maximum atomic E-state index is 13.9. The van der Waals surface area contributed by atoms with Crippen molar-refractivity contribution >= 4 is 17.7 Å². The Morgan fingerprint density at radius 3 is 2.21 bits per heavy atom. The van der Waals surface area contributed by atoms with Crippen molar-refractivity contribution < 1.29 is 29.3 Å². The number of Topliss-reactive ketones (excluding diaryl/α,β-unsaturated/α-hetero) is 1. The number of fused-ring (bicyclic) bond motifs is 7. The maximum absolute atomic E-state index is 13.9. The van der Waals surface area contributed by atoms with E-state index in [0.29, 0.717) is 36.8 Å². The first-order chi connectivity index (χ1) is 22.2. The molecule has 0 spiro atoms. The molecule has 48 heavy (non-hydrogen) atoms. The molecule has 7 nitrogen and oxygen atoms in total. The van der Waals surface area contributed by atoms with Gasteiger partial charge in [0.15, 0.2) is 5.78 Å². The van der Waals surface area contributed by atoms with Crippen LogP contribution in [0.2, 0.25) is 0 Å². The van der Waals surface area contributed by atoms with Crippen LogP contribution in [0, 0.1) is 56.2 Å². The minimum Gasteiger partial charge on any atom is -0.481 e. The van der Waals surface area contributed by atoms with Gasteiger partial charge in [0, 0.05) is 29.8 Å². The summed E-state index contributed by atoms with van der Waals surface area (Å²) in [6.45, 7) is 20.3. The van der Waals surface area contributed by atoms with Crippen LogP contribution in [-0.2, 0) is 19.1 Å². The normalized spacial score (nSPS) is 41.5. The zero-order valence-corrected chi connectivity index (χ0v) is 31.5. The summed E-state index contributed by atoms with van der Waals surface area (Å²) < 4.78 is 6.15. The quantitative estimate of drug-likeness (QED) is 0.215. The van der Waals surface area contributed by atoms with Crippen LogP contribution in [-0.4, -0.2) is 52.7 Å². The molecule has 0 amide bonds. The number of carboxylic acid groups (broad SMARTS) is 1. The van der Waals surface area contributed by atoms with E-state index >= 15 is 0 Å². The van der Waals surface area contributed by atoms with E-state index in [0.717, 1.165) is 56.9 Å². The number of hydrogen-bond donors (Lipinski definition) is 3. The van der Waals surface area contributed by atoms with Crippen molar-refractivity contribution in [1.29, 1.82) is 0 Å². The van der Waals surface area contributed by atoms with Crippen molar-refractivity contribution in [1.82, 2.24) is 5.32 Å². The third kappa shape index (κ3) is 5.20. The monoisotopic (exact) mass is 667 g/mol. The molecule has 0 radical (unpaired) electrons. The van der Waals surface area contributed by atoms with Crippen molar-refractivity contribution in [3.05, 3.63) is 11.1 Å². The fourth-order valence-electron chi connectivity index (χ4n) is 13.0. The number of allylic oxidation sites excluding steroid dienone is 1. The molecule has 6 aliphatic carbocycles. The van der Waals surface area contributed by atoms with E-state index in [-0.39, 0.29) is 45.9 Å². The van der Waals surface area contributed by atoms with Gasteiger partial charge in [-0.25, -0.2) is 0 Å². The van der Waals surface area contributed by atoms with Crippen LogP contribution in [0.25, 0.3) is 0 Å². The second-order valence-corrected chi connectivity index (χ2v) is 19.6. The standard InChI is InChI=1S/C41H65NO6/c1-24(2)33-27(43)21-41(30(44)23-42-25-11-10-12-25)20-19-39(8)26(34(33)41)13-14-29-38(7)17-16-31(48-32(45)22-36(3,4)35(46)47)37(5,6)28(38)15-18-40(29,39)9/h24-26,28-31,42,44H,10-23H2,1-9H3,(H,46,47)/t26-,28+,29-,30-,31+,38+,39-,40-,41+/m1/s1. The molecule has 0 saturated heterocycles. The molecule has 0 aliphatic heterocycles. The first kappa shape index (κ1) is 36.1. The third-order valence-corrected chi connectivity index (χ3v) is 16.2. The third-order valence-electron chi connectivity index (χ3n) is 16.2. The number of aliphatic carboxylic acids is 1. The van der Waals surface area contributed by atoms with Gasteiger partial charge in [-0.15, -0.1) is 0 Å². The number of nitrogens with one attached hydrogen (secondary N) is 1. The molecule has 6 aliphatic rings. The van der Waals surface area contributed by atoms with E-state index in [1.54, 1.807) is 13.8 Å². The zero-order valence-electron chi connectivity index (χ0n) is 31.5. The lowest BCUT2D eigenvalue weighted by atomic mass is 9.33. The topological polar surface area (TPSA) is 113 Å². The maximum Gasteiger partial charge on any atom is 0.309 e. The molecule has 9 atom stereocenters. The van der Waals surface area contributed by atoms with E-state index in [1.807, 2.05) is 0 Å². The molecule has 5 saturated carbocycles. The highest BCUT2D eigenvalue weighted by molar-refractivity contribution is 6.00. The average molecular weight is 668 g/mol. The van der Waals surface area contributed by atoms with Gasteiger partial charge >= 0.3 is 11.9 Å². The fourth-order valence-corrected chi connectivity index (χ4v) is 13.0. The van der Waals surface area contributed by atoms with Crippen molar-refractivity contribution in [2.45, 2.75) is 164 Å². The molecule has 0 aromatic carbocycles. The lowest BCUT2D eigenvalue weighted by molar-refractivity contribution is -0.235. The number of ketones is 1. The lowest BCUT2D eigenvalue weighted by Crippen LogP contribution is -2.66. The largest absolute Gasteiger partial charge is 0.481 e. The number of ether oxygens (including phenoxy) is 1. The van der Waals surface area contributed by atoms with E-state index in [1.165, 1.54) is 24.8 Å². The van der Waals surface area contributed by atoms with Crippen LogP contribution in [0.3, 0.4) is 0 Å². The highest BCUT2D eigenvalue weighted by Crippen LogP contribution is 2.77. The number of esters is 1. The highest BCUT2D eigenvalue weighted by atomic mass is 16.5. The van der Waals surface area contributed by atoms with E-state index in [9.17, 15) is 24.6 Å². The Kier molecular flexibility index (Phi) is 8.96. The number of rotatable bonds is 9. The van der Waals surface area contributed by atoms with Gasteiger partial charge < -0.3 is 20.3 Å². The number of aliphatic hydroxyl groups is 1. The lowest BCUT2D eigenvalue weighted by Gasteiger charge is -2.72. The summed E-state index contributed by atoms with van der Waals surface area (Å²) in [5.41, 5.74) is 0.770. The molecule has 0 heterocycles. The first-order valence-electron chi connectivity index (χ1n) is 19.4. The SMILES string of the molecule is CC(C)C1=C2[C@H]3CC[C@@H]4[C@@]5(C)CC[C@H](OC(=O)CC(C)(C)C(=O)O)C(C)(C)[C@@H]5CC[C@@]4(C)[C@]3(C)CC[C@@]2([C@H](O)CNC2CCC2)CC1=O. The number of aliphatic hydroxyl groups excluding tert-OH is 1. The molecule has 6 rings (SSSR count). The van der Waals surface area contributed by atoms with Gasteiger partial charge in [-0.3, -0.25) is 14.4 Å². The molecular weight excluding hydrogens is 602 g/mol. The van der Waals surface area contributed by atoms with Gasteiger partial charge in [0.25, 0.3) is 0 Å². The predicted molar refractivity (Wildman–Crippen MR) is 187 cm³/mol. The molecule has 5 fully saturated rings. The van der Waals surface area contributed by atoms with E-state index in [4.69, 9.17) is 4.74 Å². The smallest absolute Gasteiger partial charge is 0.309 e. The van der Waals surface area contributed by atoms with Crippen LogP contribution in [0.15, 0.2) is 11.1 Å². The van der Waals surface area contributed by atoms with Crippen molar-refractivity contribution in [2.75, 3.05) is 6.54 Å². The molecule has 0 unspecified atom stereocenters. The molecule has 7 heteroatoms. The van der Waals surface area contributed by atoms with Crippen LogP contribution < -0.4 is 5.32 Å². The summed E-state index contributed by atoms with van der Waals surface area (Å²) in [4.78, 5) is 38.7. The minimum absolute atomic E-state index is 0.0322. The zero-order chi connectivity index (χ0) is 35.2. The molecule has 0 aromatic rings. The summed E-state index contributed by atoms with van der Waals surface area (Å²) in [5.74, 6) is 0.251. The fraction of sp³-hybridized carbons (Fsp3) is 0.878. The van der Waals surface area contributed by atoms with Gasteiger partial charge in [-0.2, -0.15) is 0 Å². The van der Waals surface area contributed by atoms with Crippen molar-refractivity contribution in [2.24, 2.45) is 56.2 Å². The first-order valence-corrected chi connectivity index (χ1v) is 19.4. The Morgan fingerprint density at radius 2 is 1.60 bits per heavy atom. The second-order valence-electron chi connectivity index (χ2n) is 19.6. The molecule has 270 valence electrons. The minimum atomic E-state index is -1.15. The van der Waals surface area contributed by atoms with Crippen LogP contribution in [0.1, 0.15) is 146 Å². The Balaban J connectivity index is 1.28. The summed E-state index contributed by atoms with van der Waals surface area (Å²) in [6.07, 6.45) is 11.3. The van der Waals surface area contributed by atoms with Crippen molar-refractivity contribution in [3.8, 4) is 0 Å². The number of hydrogen-bond acceptors (Lipinski definition) is 6. The van der Waals surface area contributed by atoms with Crippen LogP contribution >= 0.6 is 0 Å². The molecule has 0 bridgehead atoms. The van der Waals surface area contributed by atoms with Gasteiger partial charge in [0.05, 0.1) is 17.9 Å². The molecular formula is C41H65NO6. The Labute approximate surface area is 289 Å². The summed E-state index contributed by atoms with van der Waals surface area (Å²) >= 11 is 0. The van der Waals surface area contributed by atoms with Gasteiger partial charge in [0.2, 0.25) is 0 Å². The Morgan fingerprint density at radius 1 is 0.917 bits per heavy atom. The number of carboxylic acids is 1. The second kappa shape index (κ2) is 11.9. The summed E-state index contributed by atoms with van der Waals surface area (Å²) in [5, 5.41) is 25.2. The predicted octanol–water partition coefficient (Wildman–Crippen LogP) is 7.88. The summed E-state index contributed by atoms with van der Waals surface area (Å²) in [6, 6.07) is 0.503. The Bertz CT molecular complexity index is 1360. The Hall–Kier alpha value is -1.73. The van der Waals surface area contributed by atoms with Crippen LogP contribution in [0.5, 0.6) is 0 Å². The van der Waals surface area contributed by atoms with Gasteiger partial charge in [0.1, 0.15) is 6.10 Å². The number of carbonyl (C=O) groups excluding carboxylic acids is 2. The van der Waals surface area contributed by atoms with E-state index < -0.39 is 28.9 Å². The average Bonchev–Trinajstić information content (AvgIpc) is 3.27. The van der Waals surface area contributed by atoms with Crippen molar-refractivity contribution in [3.63, 3.8) is 0 Å². The van der Waals surface area contributed by atoms with Gasteiger partial charge in [-0.1, -0.05) is 60.5 Å².